The van der Waals surface area contributed by atoms with Crippen molar-refractivity contribution in [1.82, 2.24) is 0 Å². The zero-order valence-electron chi connectivity index (χ0n) is 38.1. The molecule has 6 aliphatic rings. The Morgan fingerprint density at radius 1 is 0.957 bits per heavy atom. The van der Waals surface area contributed by atoms with E-state index in [9.17, 15) is 40.5 Å². The second-order valence-electron chi connectivity index (χ2n) is 18.4. The van der Waals surface area contributed by atoms with E-state index in [4.69, 9.17) is 29.1 Å². The van der Waals surface area contributed by atoms with Crippen LogP contribution >= 0.6 is 0 Å². The minimum atomic E-state index is -2.70. The first kappa shape index (κ1) is 46.4. The Kier molecular flexibility index (Phi) is 12.1. The summed E-state index contributed by atoms with van der Waals surface area (Å²) in [5.74, 6) is -3.94. The van der Waals surface area contributed by atoms with Crippen LogP contribution in [0.5, 0.6) is 34.5 Å². The number of aliphatic carboxylic acids is 1. The summed E-state index contributed by atoms with van der Waals surface area (Å²) < 4.78 is 32.0. The quantitative estimate of drug-likeness (QED) is 0.0586. The van der Waals surface area contributed by atoms with Crippen molar-refractivity contribution in [3.8, 4) is 34.5 Å². The number of aliphatic hydroxyl groups excluding tert-OH is 2. The first-order valence-corrected chi connectivity index (χ1v) is 23.2. The van der Waals surface area contributed by atoms with Crippen LogP contribution < -0.4 is 18.9 Å². The molecule has 2 fully saturated rings. The maximum absolute atomic E-state index is 13.3. The van der Waals surface area contributed by atoms with Gasteiger partial charge in [0.15, 0.2) is 23.2 Å². The molecule has 1 saturated carbocycles. The third-order valence-corrected chi connectivity index (χ3v) is 13.9. The summed E-state index contributed by atoms with van der Waals surface area (Å²) in [7, 11) is 0. The lowest BCUT2D eigenvalue weighted by Gasteiger charge is -2.57. The predicted octanol–water partition coefficient (Wildman–Crippen LogP) is 6.59. The van der Waals surface area contributed by atoms with E-state index in [2.05, 4.69) is 15.0 Å². The number of hydrogen-bond donors (Lipinski definition) is 8. The fraction of sp³-hybridized carbons (Fsp3) is 0.340. The van der Waals surface area contributed by atoms with Gasteiger partial charge in [-0.25, -0.2) is 14.8 Å². The molecule has 1 saturated heterocycles. The number of hydrogen-bond acceptors (Lipinski definition) is 15. The second kappa shape index (κ2) is 18.2. The van der Waals surface area contributed by atoms with Crippen molar-refractivity contribution in [3.05, 3.63) is 137 Å². The van der Waals surface area contributed by atoms with Crippen LogP contribution in [0.25, 0.3) is 5.76 Å². The molecule has 2 aliphatic carbocycles. The van der Waals surface area contributed by atoms with Gasteiger partial charge in [-0.2, -0.15) is 0 Å². The van der Waals surface area contributed by atoms with Crippen LogP contribution in [0.3, 0.4) is 0 Å². The van der Waals surface area contributed by atoms with Crippen molar-refractivity contribution in [2.75, 3.05) is 13.2 Å². The predicted molar refractivity (Wildman–Crippen MR) is 257 cm³/mol. The van der Waals surface area contributed by atoms with Crippen LogP contribution in [0, 0.1) is 11.3 Å². The number of aryl methyl sites for hydroxylation is 1. The van der Waals surface area contributed by atoms with Gasteiger partial charge in [0, 0.05) is 24.3 Å². The van der Waals surface area contributed by atoms with Crippen molar-refractivity contribution < 1.29 is 64.2 Å². The molecule has 70 heavy (non-hydrogen) atoms. The monoisotopic (exact) mass is 952 g/mol. The lowest BCUT2D eigenvalue weighted by Crippen LogP contribution is -2.79. The molecule has 7 atom stereocenters. The smallest absolute Gasteiger partial charge is 0.336 e. The van der Waals surface area contributed by atoms with Crippen molar-refractivity contribution >= 4 is 35.3 Å². The van der Waals surface area contributed by atoms with Gasteiger partial charge in [-0.15, -0.1) is 0 Å². The highest BCUT2D eigenvalue weighted by Crippen LogP contribution is 2.57. The number of aliphatic hydroxyl groups is 4. The van der Waals surface area contributed by atoms with Gasteiger partial charge in [-0.3, -0.25) is 10.4 Å². The van der Waals surface area contributed by atoms with Crippen molar-refractivity contribution in [3.63, 3.8) is 0 Å². The molecule has 17 nitrogen and oxygen atoms in total. The van der Waals surface area contributed by atoms with Crippen LogP contribution in [-0.4, -0.2) is 108 Å². The van der Waals surface area contributed by atoms with Gasteiger partial charge in [0.1, 0.15) is 64.2 Å². The number of fused-ring (bicyclic) bond motifs is 3. The van der Waals surface area contributed by atoms with Crippen LogP contribution in [0.4, 0.5) is 0 Å². The number of phenols is 2. The molecule has 4 heterocycles. The maximum atomic E-state index is 13.3. The standard InChI is InChI=1S/C53H52N4O13/c1-2-29-21-33(23-35(58)22-29)51(17-6-7-18-51)70-46-41(25-40-43(45(46)60)38(59)24-39(67-40)31-10-13-36(14-11-31)66-19-16-34-12-15-42(54)57-34)68-50-52(64)26-32(20-30-8-4-3-5-9-30)44(37-27-55-28-56-37)53(65,49(52)63)47(69-50)48(61)62/h3-5,8-15,21-26,28,39,44,47,49-50,54,58-60,63-65H,2,6-7,16-20,27H2,1H3,(H,61,62)/t39?,44-,47-,49+,50-,52-,53-/m1/s1. The van der Waals surface area contributed by atoms with Crippen LogP contribution in [0.15, 0.2) is 124 Å². The minimum absolute atomic E-state index is 0.00538. The summed E-state index contributed by atoms with van der Waals surface area (Å²) >= 11 is 0. The molecule has 0 radical (unpaired) electrons. The van der Waals surface area contributed by atoms with Gasteiger partial charge < -0.3 is 59.4 Å². The molecule has 0 amide bonds. The van der Waals surface area contributed by atoms with Crippen LogP contribution in [0.2, 0.25) is 0 Å². The number of benzene rings is 4. The third kappa shape index (κ3) is 8.27. The molecular weight excluding hydrogens is 901 g/mol. The summed E-state index contributed by atoms with van der Waals surface area (Å²) in [6.45, 7) is 2.26. The normalized spacial score (nSPS) is 27.2. The van der Waals surface area contributed by atoms with E-state index >= 15 is 0 Å². The highest BCUT2D eigenvalue weighted by molar-refractivity contribution is 6.14. The number of amidine groups is 1. The summed E-state index contributed by atoms with van der Waals surface area (Å²) in [6, 6.07) is 22.5. The number of allylic oxidation sites excluding steroid dienone is 1. The molecule has 0 aromatic heterocycles. The van der Waals surface area contributed by atoms with E-state index in [1.54, 1.807) is 48.6 Å². The van der Waals surface area contributed by atoms with Gasteiger partial charge in [0.2, 0.25) is 12.0 Å². The van der Waals surface area contributed by atoms with Crippen LogP contribution in [0.1, 0.15) is 72.9 Å². The molecule has 4 aromatic carbocycles. The number of carboxylic acids is 1. The van der Waals surface area contributed by atoms with Crippen LogP contribution in [-0.2, 0) is 28.0 Å². The third-order valence-electron chi connectivity index (χ3n) is 13.9. The Balaban J connectivity index is 1.06. The molecular formula is C53H52N4O13. The highest BCUT2D eigenvalue weighted by Gasteiger charge is 2.71. The Morgan fingerprint density at radius 2 is 1.73 bits per heavy atom. The topological polar surface area (TPSA) is 266 Å². The number of aliphatic imine (C=N–C) groups is 3. The molecule has 4 aliphatic heterocycles. The molecule has 1 unspecified atom stereocenters. The summed E-state index contributed by atoms with van der Waals surface area (Å²) in [5, 5.41) is 91.2. The van der Waals surface area contributed by atoms with Crippen molar-refractivity contribution in [1.29, 1.82) is 5.41 Å². The maximum Gasteiger partial charge on any atom is 0.336 e. The molecule has 4 aromatic rings. The number of phenolic OH excluding ortho intramolecular Hbond substituents is 2. The van der Waals surface area contributed by atoms with Gasteiger partial charge in [0.05, 0.1) is 24.8 Å². The van der Waals surface area contributed by atoms with Gasteiger partial charge >= 0.3 is 5.97 Å². The van der Waals surface area contributed by atoms with E-state index in [0.29, 0.717) is 67.6 Å². The summed E-state index contributed by atoms with van der Waals surface area (Å²) in [4.78, 5) is 26.0. The second-order valence-corrected chi connectivity index (χ2v) is 18.4. The van der Waals surface area contributed by atoms with E-state index in [-0.39, 0.29) is 58.8 Å². The highest BCUT2D eigenvalue weighted by atomic mass is 16.7. The zero-order valence-corrected chi connectivity index (χ0v) is 38.1. The Labute approximate surface area is 402 Å². The molecule has 10 rings (SSSR count). The Bertz CT molecular complexity index is 2920. The largest absolute Gasteiger partial charge is 0.508 e. The van der Waals surface area contributed by atoms with E-state index in [0.717, 1.165) is 16.8 Å². The average Bonchev–Trinajstić information content (AvgIpc) is 4.14. The number of nitrogens with zero attached hydrogens (tertiary/aromatic N) is 3. The average molecular weight is 953 g/mol. The number of nitrogens with one attached hydrogen (secondary N) is 1. The lowest BCUT2D eigenvalue weighted by atomic mass is 9.60. The molecule has 17 heteroatoms. The van der Waals surface area contributed by atoms with E-state index in [1.807, 2.05) is 43.3 Å². The molecule has 2 bridgehead atoms. The van der Waals surface area contributed by atoms with E-state index in [1.165, 1.54) is 24.6 Å². The van der Waals surface area contributed by atoms with Gasteiger partial charge in [-0.1, -0.05) is 61.0 Å². The van der Waals surface area contributed by atoms with Gasteiger partial charge in [-0.05, 0) is 103 Å². The minimum Gasteiger partial charge on any atom is -0.508 e. The Hall–Kier alpha value is -7.31. The summed E-state index contributed by atoms with van der Waals surface area (Å²) in [5.41, 5.74) is -2.59. The SMILES string of the molecule is CCc1cc(O)cc(C2(Oc3c(O[C@@H]4O[C@H](C(=O)O)[C@]5(O)[C@@H](C6=NC=NC6)C(Cc6ccccc6)=C[C@@]4(O)[C@@H]5O)cc4c(c3O)C(O)=CC(c3ccc(OCCC5=NC(=N)C=C5)cc3)O4)CCCC2)c1. The molecule has 362 valence electrons. The first-order valence-electron chi connectivity index (χ1n) is 23.2. The number of aromatic hydroxyl groups is 2. The number of carbonyl (C=O) groups is 1. The van der Waals surface area contributed by atoms with Crippen molar-refractivity contribution in [2.45, 2.75) is 93.3 Å². The Morgan fingerprint density at radius 3 is 2.41 bits per heavy atom. The summed E-state index contributed by atoms with van der Waals surface area (Å²) in [6.07, 6.45) is 3.37. The first-order chi connectivity index (χ1) is 33.7. The fourth-order valence-corrected chi connectivity index (χ4v) is 10.5. The number of carboxylic acid groups (broad SMARTS) is 1. The molecule has 0 spiro atoms. The van der Waals surface area contributed by atoms with E-state index < -0.39 is 59.0 Å². The van der Waals surface area contributed by atoms with Gasteiger partial charge in [0.25, 0.3) is 0 Å². The van der Waals surface area contributed by atoms with Crippen molar-refractivity contribution in [2.24, 2.45) is 20.9 Å². The lowest BCUT2D eigenvalue weighted by molar-refractivity contribution is -0.338. The zero-order chi connectivity index (χ0) is 49.0. The number of ether oxygens (including phenoxy) is 5. The number of rotatable bonds is 15. The molecule has 8 N–H and O–H groups in total. The fourth-order valence-electron chi connectivity index (χ4n) is 10.5.